The molecule has 1 aliphatic heterocycles. The topological polar surface area (TPSA) is 74.2 Å². The van der Waals surface area contributed by atoms with Crippen molar-refractivity contribution in [1.29, 1.82) is 0 Å². The number of nitrogens with zero attached hydrogens (tertiary/aromatic N) is 2. The SMILES string of the molecule is CCOC(=O)c1c(C2=NNc3cc(Cl)c(Cl)cc3N2O)sc2c1CCCCC2. The summed E-state index contributed by atoms with van der Waals surface area (Å²) in [4.78, 5) is 14.5. The lowest BCUT2D eigenvalue weighted by molar-refractivity contribution is 0.0525. The largest absolute Gasteiger partial charge is 0.462 e. The smallest absolute Gasteiger partial charge is 0.340 e. The quantitative estimate of drug-likeness (QED) is 0.488. The van der Waals surface area contributed by atoms with Crippen molar-refractivity contribution in [2.45, 2.75) is 39.0 Å². The number of nitrogens with one attached hydrogen (secondary N) is 1. The molecule has 2 heterocycles. The fourth-order valence-electron chi connectivity index (χ4n) is 3.54. The Bertz CT molecular complexity index is 974. The molecule has 0 spiro atoms. The number of carbonyl (C=O) groups is 1. The molecule has 9 heteroatoms. The normalized spacial score (nSPS) is 15.9. The van der Waals surface area contributed by atoms with E-state index in [-0.39, 0.29) is 18.4 Å². The van der Waals surface area contributed by atoms with Crippen molar-refractivity contribution in [3.63, 3.8) is 0 Å². The first-order chi connectivity index (χ1) is 13.5. The summed E-state index contributed by atoms with van der Waals surface area (Å²) in [7, 11) is 0. The first kappa shape index (κ1) is 19.5. The third kappa shape index (κ3) is 3.37. The maximum absolute atomic E-state index is 12.8. The molecule has 28 heavy (non-hydrogen) atoms. The Labute approximate surface area is 176 Å². The number of hydrogen-bond donors (Lipinski definition) is 2. The molecule has 0 saturated carbocycles. The summed E-state index contributed by atoms with van der Waals surface area (Å²) in [5.41, 5.74) is 5.36. The van der Waals surface area contributed by atoms with Gasteiger partial charge >= 0.3 is 5.97 Å². The van der Waals surface area contributed by atoms with Crippen LogP contribution in [0.5, 0.6) is 0 Å². The summed E-state index contributed by atoms with van der Waals surface area (Å²) in [6, 6.07) is 3.15. The minimum absolute atomic E-state index is 0.243. The number of esters is 1. The lowest BCUT2D eigenvalue weighted by Crippen LogP contribution is -2.33. The van der Waals surface area contributed by atoms with Crippen LogP contribution in [0.25, 0.3) is 0 Å². The standard InChI is InChI=1S/C19H19Cl2N3O3S/c1-2-27-19(25)16-10-6-4-3-5-7-15(10)28-17(16)18-23-22-13-8-11(20)12(21)9-14(13)24(18)26/h8-9,22,26H,2-7H2,1H3. The molecule has 0 bridgehead atoms. The Kier molecular flexibility index (Phi) is 5.51. The van der Waals surface area contributed by atoms with Gasteiger partial charge in [-0.05, 0) is 50.3 Å². The Morgan fingerprint density at radius 1 is 1.29 bits per heavy atom. The van der Waals surface area contributed by atoms with E-state index in [0.29, 0.717) is 31.9 Å². The molecule has 2 aromatic rings. The van der Waals surface area contributed by atoms with Crippen LogP contribution in [-0.2, 0) is 17.6 Å². The van der Waals surface area contributed by atoms with E-state index in [1.807, 2.05) is 0 Å². The molecule has 0 atom stereocenters. The number of fused-ring (bicyclic) bond motifs is 2. The number of ether oxygens (including phenoxy) is 1. The third-order valence-corrected chi connectivity index (χ3v) is 6.86. The van der Waals surface area contributed by atoms with Crippen LogP contribution in [0.15, 0.2) is 17.2 Å². The van der Waals surface area contributed by atoms with Gasteiger partial charge in [0.05, 0.1) is 38.5 Å². The van der Waals surface area contributed by atoms with Crippen molar-refractivity contribution in [1.82, 2.24) is 0 Å². The van der Waals surface area contributed by atoms with Gasteiger partial charge in [-0.1, -0.05) is 29.6 Å². The van der Waals surface area contributed by atoms with Crippen LogP contribution in [0.4, 0.5) is 11.4 Å². The predicted molar refractivity (Wildman–Crippen MR) is 112 cm³/mol. The molecule has 2 aliphatic rings. The fourth-order valence-corrected chi connectivity index (χ4v) is 5.22. The van der Waals surface area contributed by atoms with E-state index < -0.39 is 0 Å². The number of hydrogen-bond acceptors (Lipinski definition) is 7. The van der Waals surface area contributed by atoms with Gasteiger partial charge in [-0.2, -0.15) is 5.10 Å². The molecule has 0 unspecified atom stereocenters. The van der Waals surface area contributed by atoms with Gasteiger partial charge in [0.1, 0.15) is 0 Å². The molecule has 4 rings (SSSR count). The van der Waals surface area contributed by atoms with Crippen LogP contribution in [0.2, 0.25) is 10.0 Å². The van der Waals surface area contributed by atoms with Gasteiger partial charge in [-0.3, -0.25) is 10.6 Å². The van der Waals surface area contributed by atoms with Gasteiger partial charge in [0.2, 0.25) is 0 Å². The molecule has 148 valence electrons. The molecular weight excluding hydrogens is 421 g/mol. The van der Waals surface area contributed by atoms with Crippen molar-refractivity contribution < 1.29 is 14.7 Å². The second-order valence-corrected chi connectivity index (χ2v) is 8.55. The van der Waals surface area contributed by atoms with Crippen molar-refractivity contribution in [3.8, 4) is 0 Å². The number of rotatable bonds is 3. The highest BCUT2D eigenvalue weighted by atomic mass is 35.5. The molecule has 1 aliphatic carbocycles. The van der Waals surface area contributed by atoms with E-state index >= 15 is 0 Å². The van der Waals surface area contributed by atoms with E-state index in [1.165, 1.54) is 11.3 Å². The zero-order valence-corrected chi connectivity index (χ0v) is 17.5. The number of benzene rings is 1. The first-order valence-corrected chi connectivity index (χ1v) is 10.7. The van der Waals surface area contributed by atoms with Gasteiger partial charge in [0.25, 0.3) is 0 Å². The molecular formula is C19H19Cl2N3O3S. The number of aryl methyl sites for hydroxylation is 1. The Morgan fingerprint density at radius 2 is 2.04 bits per heavy atom. The number of halogens is 2. The first-order valence-electron chi connectivity index (χ1n) is 9.15. The molecule has 1 aromatic carbocycles. The van der Waals surface area contributed by atoms with Crippen LogP contribution in [0, 0.1) is 0 Å². The monoisotopic (exact) mass is 439 g/mol. The van der Waals surface area contributed by atoms with E-state index in [9.17, 15) is 10.0 Å². The summed E-state index contributed by atoms with van der Waals surface area (Å²) >= 11 is 13.7. The summed E-state index contributed by atoms with van der Waals surface area (Å²) in [5, 5.41) is 16.8. The average Bonchev–Trinajstić information content (AvgIpc) is 2.86. The average molecular weight is 440 g/mol. The lowest BCUT2D eigenvalue weighted by Gasteiger charge is -2.26. The number of amidine groups is 1. The lowest BCUT2D eigenvalue weighted by atomic mass is 10.0. The number of hydroxylamine groups is 1. The molecule has 6 nitrogen and oxygen atoms in total. The van der Waals surface area contributed by atoms with Gasteiger partial charge in [-0.25, -0.2) is 9.86 Å². The minimum atomic E-state index is -0.382. The van der Waals surface area contributed by atoms with Crippen LogP contribution >= 0.6 is 34.5 Å². The van der Waals surface area contributed by atoms with Gasteiger partial charge in [0, 0.05) is 4.88 Å². The van der Waals surface area contributed by atoms with Crippen LogP contribution < -0.4 is 10.5 Å². The Hall–Kier alpha value is -1.80. The second kappa shape index (κ2) is 7.91. The molecule has 1 aromatic heterocycles. The van der Waals surface area contributed by atoms with E-state index in [1.54, 1.807) is 19.1 Å². The molecule has 0 fully saturated rings. The van der Waals surface area contributed by atoms with E-state index in [2.05, 4.69) is 10.5 Å². The molecule has 0 saturated heterocycles. The van der Waals surface area contributed by atoms with Crippen molar-refractivity contribution in [3.05, 3.63) is 43.1 Å². The van der Waals surface area contributed by atoms with Crippen LogP contribution in [-0.4, -0.2) is 23.6 Å². The maximum atomic E-state index is 12.8. The molecule has 0 amide bonds. The number of anilines is 2. The zero-order valence-electron chi connectivity index (χ0n) is 15.2. The highest BCUT2D eigenvalue weighted by Gasteiger charge is 2.32. The van der Waals surface area contributed by atoms with Crippen molar-refractivity contribution in [2.75, 3.05) is 17.1 Å². The van der Waals surface area contributed by atoms with Crippen LogP contribution in [0.3, 0.4) is 0 Å². The Balaban J connectivity index is 1.82. The summed E-state index contributed by atoms with van der Waals surface area (Å²) in [6.45, 7) is 2.07. The number of thiophene rings is 1. The summed E-state index contributed by atoms with van der Waals surface area (Å²) in [6.07, 6.45) is 4.99. The fraction of sp³-hybridized carbons (Fsp3) is 0.368. The van der Waals surface area contributed by atoms with Crippen molar-refractivity contribution in [2.24, 2.45) is 5.10 Å². The summed E-state index contributed by atoms with van der Waals surface area (Å²) in [5.74, 6) is -0.139. The zero-order chi connectivity index (χ0) is 19.8. The van der Waals surface area contributed by atoms with E-state index in [0.717, 1.165) is 47.6 Å². The third-order valence-electron chi connectivity index (χ3n) is 4.85. The van der Waals surface area contributed by atoms with Gasteiger partial charge in [-0.15, -0.1) is 11.3 Å². The highest BCUT2D eigenvalue weighted by Crippen LogP contribution is 2.40. The predicted octanol–water partition coefficient (Wildman–Crippen LogP) is 5.48. The maximum Gasteiger partial charge on any atom is 0.340 e. The van der Waals surface area contributed by atoms with Crippen LogP contribution in [0.1, 0.15) is 51.9 Å². The second-order valence-electron chi connectivity index (χ2n) is 6.63. The summed E-state index contributed by atoms with van der Waals surface area (Å²) < 4.78 is 5.32. The van der Waals surface area contributed by atoms with E-state index in [4.69, 9.17) is 27.9 Å². The molecule has 2 N–H and O–H groups in total. The molecule has 0 radical (unpaired) electrons. The van der Waals surface area contributed by atoms with Gasteiger partial charge in [0.15, 0.2) is 5.84 Å². The minimum Gasteiger partial charge on any atom is -0.462 e. The van der Waals surface area contributed by atoms with Crippen molar-refractivity contribution >= 4 is 57.7 Å². The Morgan fingerprint density at radius 3 is 2.82 bits per heavy atom. The number of hydrazone groups is 1. The number of carbonyl (C=O) groups excluding carboxylic acids is 1. The highest BCUT2D eigenvalue weighted by molar-refractivity contribution is 7.14. The van der Waals surface area contributed by atoms with Gasteiger partial charge < -0.3 is 4.74 Å².